The minimum absolute atomic E-state index is 0.465. The highest BCUT2D eigenvalue weighted by atomic mass is 32.1. The Morgan fingerprint density at radius 1 is 1.53 bits per heavy atom. The highest BCUT2D eigenvalue weighted by molar-refractivity contribution is 7.19. The topological polar surface area (TPSA) is 98.2 Å². The minimum Gasteiger partial charge on any atom is -0.548 e. The van der Waals surface area contributed by atoms with E-state index in [1.54, 1.807) is 11.3 Å². The van der Waals surface area contributed by atoms with Crippen molar-refractivity contribution in [3.8, 4) is 0 Å². The number of carbonyl (C=O) groups excluding carboxylic acids is 1. The third kappa shape index (κ3) is 2.04. The van der Waals surface area contributed by atoms with Crippen LogP contribution in [0.5, 0.6) is 0 Å². The molecule has 2 aromatic rings. The van der Waals surface area contributed by atoms with Crippen LogP contribution in [0.2, 0.25) is 0 Å². The largest absolute Gasteiger partial charge is 0.548 e. The van der Waals surface area contributed by atoms with Gasteiger partial charge in [-0.25, -0.2) is 9.97 Å². The van der Waals surface area contributed by atoms with Crippen LogP contribution >= 0.6 is 11.3 Å². The first kappa shape index (κ1) is 12.3. The average molecular weight is 278 g/mol. The predicted molar refractivity (Wildman–Crippen MR) is 68.9 cm³/mol. The van der Waals surface area contributed by atoms with E-state index in [4.69, 9.17) is 5.11 Å². The third-order valence-electron chi connectivity index (χ3n) is 3.28. The van der Waals surface area contributed by atoms with Crippen LogP contribution in [0.4, 0.5) is 5.82 Å². The lowest BCUT2D eigenvalue weighted by molar-refractivity contribution is -0.307. The molecule has 2 heterocycles. The van der Waals surface area contributed by atoms with Gasteiger partial charge < -0.3 is 20.3 Å². The van der Waals surface area contributed by atoms with Crippen LogP contribution in [0.25, 0.3) is 10.2 Å². The number of nitrogens with one attached hydrogen (secondary N) is 1. The summed E-state index contributed by atoms with van der Waals surface area (Å²) in [5, 5.41) is 23.5. The molecule has 0 radical (unpaired) electrons. The molecule has 1 aliphatic rings. The van der Waals surface area contributed by atoms with Crippen molar-refractivity contribution in [1.29, 1.82) is 0 Å². The Labute approximate surface area is 113 Å². The maximum Gasteiger partial charge on any atom is 0.139 e. The van der Waals surface area contributed by atoms with Gasteiger partial charge in [-0.05, 0) is 24.8 Å². The maximum atomic E-state index is 10.9. The van der Waals surface area contributed by atoms with Crippen LogP contribution in [-0.4, -0.2) is 33.7 Å². The number of aliphatic carboxylic acids is 1. The lowest BCUT2D eigenvalue weighted by Crippen LogP contribution is -2.43. The number of hydrogen-bond donors (Lipinski definition) is 2. The molecule has 19 heavy (non-hydrogen) atoms. The van der Waals surface area contributed by atoms with Crippen molar-refractivity contribution in [3.63, 3.8) is 0 Å². The number of anilines is 1. The van der Waals surface area contributed by atoms with Gasteiger partial charge in [0, 0.05) is 4.88 Å². The Bertz CT molecular complexity index is 640. The highest BCUT2D eigenvalue weighted by Gasteiger charge is 2.22. The first-order valence-corrected chi connectivity index (χ1v) is 6.86. The van der Waals surface area contributed by atoms with Gasteiger partial charge >= 0.3 is 0 Å². The highest BCUT2D eigenvalue weighted by Crippen LogP contribution is 2.39. The van der Waals surface area contributed by atoms with Crippen LogP contribution in [0.3, 0.4) is 0 Å². The molecule has 0 aliphatic heterocycles. The van der Waals surface area contributed by atoms with Gasteiger partial charge in [0.15, 0.2) is 0 Å². The van der Waals surface area contributed by atoms with Crippen LogP contribution in [0.15, 0.2) is 6.33 Å². The van der Waals surface area contributed by atoms with Crippen LogP contribution in [0.1, 0.15) is 16.9 Å². The van der Waals surface area contributed by atoms with Crippen molar-refractivity contribution in [2.24, 2.45) is 0 Å². The number of nitrogens with zero attached hydrogens (tertiary/aromatic N) is 2. The summed E-state index contributed by atoms with van der Waals surface area (Å²) < 4.78 is 0. The number of aromatic nitrogens is 2. The molecule has 1 aliphatic carbocycles. The molecule has 0 aromatic carbocycles. The molecule has 2 N–H and O–H groups in total. The van der Waals surface area contributed by atoms with Gasteiger partial charge in [0.25, 0.3) is 0 Å². The zero-order valence-corrected chi connectivity index (χ0v) is 10.9. The summed E-state index contributed by atoms with van der Waals surface area (Å²) in [6.45, 7) is -0.542. The number of carbonyl (C=O) groups is 1. The van der Waals surface area contributed by atoms with E-state index in [1.165, 1.54) is 16.8 Å². The lowest BCUT2D eigenvalue weighted by Gasteiger charge is -2.18. The van der Waals surface area contributed by atoms with Crippen molar-refractivity contribution >= 4 is 33.3 Å². The van der Waals surface area contributed by atoms with Gasteiger partial charge in [-0.2, -0.15) is 0 Å². The number of carboxylic acids is 1. The van der Waals surface area contributed by atoms with Crippen LogP contribution in [0, 0.1) is 0 Å². The summed E-state index contributed by atoms with van der Waals surface area (Å²) in [6.07, 6.45) is 4.52. The van der Waals surface area contributed by atoms with Gasteiger partial charge in [0.1, 0.15) is 17.0 Å². The summed E-state index contributed by atoms with van der Waals surface area (Å²) in [5.41, 5.74) is 1.21. The molecule has 6 nitrogen and oxygen atoms in total. The fraction of sp³-hybridized carbons (Fsp3) is 0.417. The summed E-state index contributed by atoms with van der Waals surface area (Å²) >= 11 is 1.63. The number of carboxylic acid groups (broad SMARTS) is 1. The molecule has 0 spiro atoms. The molecule has 0 unspecified atom stereocenters. The van der Waals surface area contributed by atoms with Crippen molar-refractivity contribution in [2.75, 3.05) is 11.9 Å². The normalized spacial score (nSPS) is 15.4. The SMILES string of the molecule is O=C([O-])[C@H](CO)Nc1ncnc2sc3c(c12)CCC3. The Morgan fingerprint density at radius 2 is 2.37 bits per heavy atom. The molecule has 0 saturated heterocycles. The molecule has 0 saturated carbocycles. The van der Waals surface area contributed by atoms with E-state index in [0.29, 0.717) is 5.82 Å². The second-order valence-electron chi connectivity index (χ2n) is 4.46. The minimum atomic E-state index is -1.35. The van der Waals surface area contributed by atoms with E-state index in [2.05, 4.69) is 15.3 Å². The van der Waals surface area contributed by atoms with Gasteiger partial charge in [0.05, 0.1) is 24.0 Å². The number of thiophene rings is 1. The van der Waals surface area contributed by atoms with Crippen molar-refractivity contribution in [1.82, 2.24) is 9.97 Å². The number of hydrogen-bond acceptors (Lipinski definition) is 7. The molecule has 0 fully saturated rings. The monoisotopic (exact) mass is 278 g/mol. The summed E-state index contributed by atoms with van der Waals surface area (Å²) in [4.78, 5) is 21.4. The zero-order valence-electron chi connectivity index (χ0n) is 10.0. The molecule has 0 amide bonds. The summed E-state index contributed by atoms with van der Waals surface area (Å²) in [7, 11) is 0. The standard InChI is InChI=1S/C12H13N3O3S/c16-4-7(12(17)18)15-10-9-6-2-1-3-8(6)19-11(9)14-5-13-10/h5,7,16H,1-4H2,(H,17,18)(H,13,14,15)/p-1/t7-/m0/s1. The van der Waals surface area contributed by atoms with E-state index in [-0.39, 0.29) is 0 Å². The molecule has 3 rings (SSSR count). The number of aliphatic hydroxyl groups is 1. The molecule has 2 aromatic heterocycles. The number of fused-ring (bicyclic) bond motifs is 3. The Balaban J connectivity index is 2.06. The van der Waals surface area contributed by atoms with Crippen molar-refractivity contribution in [3.05, 3.63) is 16.8 Å². The van der Waals surface area contributed by atoms with Gasteiger partial charge in [0.2, 0.25) is 0 Å². The van der Waals surface area contributed by atoms with Crippen LogP contribution in [-0.2, 0) is 17.6 Å². The second-order valence-corrected chi connectivity index (χ2v) is 5.54. The molecule has 1 atom stereocenters. The number of aliphatic hydroxyl groups excluding tert-OH is 1. The number of rotatable bonds is 4. The van der Waals surface area contributed by atoms with E-state index < -0.39 is 18.6 Å². The molecule has 7 heteroatoms. The third-order valence-corrected chi connectivity index (χ3v) is 4.48. The smallest absolute Gasteiger partial charge is 0.139 e. The van der Waals surface area contributed by atoms with Gasteiger partial charge in [-0.15, -0.1) is 11.3 Å². The fourth-order valence-corrected chi connectivity index (χ4v) is 3.61. The maximum absolute atomic E-state index is 10.9. The summed E-state index contributed by atoms with van der Waals surface area (Å²) in [5.74, 6) is -0.881. The Kier molecular flexibility index (Phi) is 3.08. The number of aryl methyl sites for hydroxylation is 2. The predicted octanol–water partition coefficient (Wildman–Crippen LogP) is -0.297. The molecular formula is C12H12N3O3S-. The molecule has 100 valence electrons. The average Bonchev–Trinajstić information content (AvgIpc) is 2.95. The van der Waals surface area contributed by atoms with Crippen LogP contribution < -0.4 is 10.4 Å². The summed E-state index contributed by atoms with van der Waals surface area (Å²) in [6, 6.07) is -1.16. The van der Waals surface area contributed by atoms with E-state index in [0.717, 1.165) is 29.5 Å². The second kappa shape index (κ2) is 4.75. The first-order chi connectivity index (χ1) is 9.20. The quantitative estimate of drug-likeness (QED) is 0.797. The fourth-order valence-electron chi connectivity index (χ4n) is 2.38. The Hall–Kier alpha value is -1.73. The van der Waals surface area contributed by atoms with Gasteiger partial charge in [-0.3, -0.25) is 0 Å². The molecule has 0 bridgehead atoms. The lowest BCUT2D eigenvalue weighted by atomic mass is 10.2. The van der Waals surface area contributed by atoms with Crippen molar-refractivity contribution < 1.29 is 15.0 Å². The van der Waals surface area contributed by atoms with Crippen molar-refractivity contribution in [2.45, 2.75) is 25.3 Å². The Morgan fingerprint density at radius 3 is 3.11 bits per heavy atom. The van der Waals surface area contributed by atoms with E-state index in [9.17, 15) is 9.90 Å². The first-order valence-electron chi connectivity index (χ1n) is 6.04. The van der Waals surface area contributed by atoms with E-state index >= 15 is 0 Å². The van der Waals surface area contributed by atoms with E-state index in [1.807, 2.05) is 0 Å². The molecular weight excluding hydrogens is 266 g/mol. The zero-order chi connectivity index (χ0) is 13.4. The van der Waals surface area contributed by atoms with Gasteiger partial charge in [-0.1, -0.05) is 0 Å².